The molecule has 7 heteroatoms. The number of aromatic nitrogens is 2. The number of hydrogen-bond donors (Lipinski definition) is 1. The minimum Gasteiger partial charge on any atom is -0.438 e. The van der Waals surface area contributed by atoms with Gasteiger partial charge in [-0.3, -0.25) is 14.0 Å². The van der Waals surface area contributed by atoms with Crippen LogP contribution in [-0.4, -0.2) is 21.3 Å². The van der Waals surface area contributed by atoms with E-state index in [9.17, 15) is 14.9 Å². The van der Waals surface area contributed by atoms with Gasteiger partial charge in [-0.15, -0.1) is 0 Å². The van der Waals surface area contributed by atoms with Gasteiger partial charge in [-0.05, 0) is 43.2 Å². The van der Waals surface area contributed by atoms with Crippen molar-refractivity contribution in [3.8, 4) is 17.7 Å². The SMILES string of the molecule is N#CC(=Cc1c(Oc2ccccc2)nc2ccccn2c1=O)C(=O)NC1CCCCC1. The summed E-state index contributed by atoms with van der Waals surface area (Å²) in [5, 5.41) is 12.5. The van der Waals surface area contributed by atoms with Crippen LogP contribution in [0, 0.1) is 11.3 Å². The number of benzene rings is 1. The smallest absolute Gasteiger partial charge is 0.269 e. The topological polar surface area (TPSA) is 96.5 Å². The molecule has 0 atom stereocenters. The first-order valence-corrected chi connectivity index (χ1v) is 10.3. The fourth-order valence-electron chi connectivity index (χ4n) is 3.69. The third kappa shape index (κ3) is 4.64. The van der Waals surface area contributed by atoms with Crippen LogP contribution in [0.15, 0.2) is 65.1 Å². The number of fused-ring (bicyclic) bond motifs is 1. The molecule has 0 saturated heterocycles. The lowest BCUT2D eigenvalue weighted by atomic mass is 9.95. The molecule has 7 nitrogen and oxygen atoms in total. The van der Waals surface area contributed by atoms with E-state index in [1.807, 2.05) is 12.1 Å². The van der Waals surface area contributed by atoms with E-state index >= 15 is 0 Å². The number of rotatable bonds is 5. The second kappa shape index (κ2) is 9.26. The minimum atomic E-state index is -0.488. The lowest BCUT2D eigenvalue weighted by Crippen LogP contribution is -2.36. The first kappa shape index (κ1) is 20.4. The molecule has 2 aromatic heterocycles. The van der Waals surface area contributed by atoms with Crippen LogP contribution in [0.3, 0.4) is 0 Å². The highest BCUT2D eigenvalue weighted by Crippen LogP contribution is 2.24. The number of carbonyl (C=O) groups excluding carboxylic acids is 1. The van der Waals surface area contributed by atoms with E-state index in [4.69, 9.17) is 4.74 Å². The average molecular weight is 414 g/mol. The Morgan fingerprint density at radius 3 is 2.61 bits per heavy atom. The molecule has 0 bridgehead atoms. The van der Waals surface area contributed by atoms with Crippen molar-refractivity contribution in [2.24, 2.45) is 0 Å². The molecule has 0 radical (unpaired) electrons. The molecular weight excluding hydrogens is 392 g/mol. The predicted octanol–water partition coefficient (Wildman–Crippen LogP) is 3.84. The maximum absolute atomic E-state index is 13.2. The average Bonchev–Trinajstić information content (AvgIpc) is 2.80. The van der Waals surface area contributed by atoms with E-state index in [1.165, 1.54) is 10.5 Å². The predicted molar refractivity (Wildman–Crippen MR) is 117 cm³/mol. The van der Waals surface area contributed by atoms with E-state index in [0.717, 1.165) is 32.1 Å². The number of para-hydroxylation sites is 1. The summed E-state index contributed by atoms with van der Waals surface area (Å²) in [5.74, 6) is 0.0488. The maximum Gasteiger partial charge on any atom is 0.269 e. The van der Waals surface area contributed by atoms with Gasteiger partial charge in [0, 0.05) is 12.2 Å². The highest BCUT2D eigenvalue weighted by atomic mass is 16.5. The fraction of sp³-hybridized carbons (Fsp3) is 0.250. The molecule has 4 rings (SSSR count). The summed E-state index contributed by atoms with van der Waals surface area (Å²) in [5.41, 5.74) is -0.128. The first-order valence-electron chi connectivity index (χ1n) is 10.3. The van der Waals surface area contributed by atoms with Crippen LogP contribution in [0.4, 0.5) is 0 Å². The molecule has 1 aliphatic carbocycles. The number of pyridine rings is 1. The third-order valence-corrected chi connectivity index (χ3v) is 5.29. The zero-order chi connectivity index (χ0) is 21.6. The molecule has 1 fully saturated rings. The van der Waals surface area contributed by atoms with Gasteiger partial charge >= 0.3 is 0 Å². The summed E-state index contributed by atoms with van der Waals surface area (Å²) in [4.78, 5) is 30.3. The van der Waals surface area contributed by atoms with Crippen molar-refractivity contribution in [2.75, 3.05) is 0 Å². The van der Waals surface area contributed by atoms with Crippen molar-refractivity contribution < 1.29 is 9.53 Å². The maximum atomic E-state index is 13.2. The van der Waals surface area contributed by atoms with Crippen LogP contribution in [0.25, 0.3) is 11.7 Å². The fourth-order valence-corrected chi connectivity index (χ4v) is 3.69. The molecule has 1 aromatic carbocycles. The van der Waals surface area contributed by atoms with E-state index < -0.39 is 11.5 Å². The second-order valence-electron chi connectivity index (χ2n) is 7.46. The molecule has 0 aliphatic heterocycles. The van der Waals surface area contributed by atoms with Gasteiger partial charge in [-0.2, -0.15) is 10.2 Å². The van der Waals surface area contributed by atoms with Crippen LogP contribution < -0.4 is 15.6 Å². The Balaban J connectivity index is 1.75. The Kier molecular flexibility index (Phi) is 6.08. The highest BCUT2D eigenvalue weighted by Gasteiger charge is 2.20. The van der Waals surface area contributed by atoms with Crippen LogP contribution in [0.1, 0.15) is 37.7 Å². The van der Waals surface area contributed by atoms with Gasteiger partial charge in [-0.1, -0.05) is 43.5 Å². The molecule has 0 spiro atoms. The monoisotopic (exact) mass is 414 g/mol. The molecule has 31 heavy (non-hydrogen) atoms. The molecule has 0 unspecified atom stereocenters. The van der Waals surface area contributed by atoms with Crippen molar-refractivity contribution in [1.29, 1.82) is 5.26 Å². The summed E-state index contributed by atoms with van der Waals surface area (Å²) in [6.07, 6.45) is 7.92. The van der Waals surface area contributed by atoms with Crippen molar-refractivity contribution >= 4 is 17.6 Å². The number of hydrogen-bond acceptors (Lipinski definition) is 5. The Morgan fingerprint density at radius 2 is 1.87 bits per heavy atom. The van der Waals surface area contributed by atoms with Gasteiger partial charge in [0.15, 0.2) is 0 Å². The van der Waals surface area contributed by atoms with Gasteiger partial charge in [0.2, 0.25) is 5.88 Å². The van der Waals surface area contributed by atoms with Gasteiger partial charge in [0.05, 0.1) is 0 Å². The van der Waals surface area contributed by atoms with Gasteiger partial charge in [0.1, 0.15) is 28.6 Å². The third-order valence-electron chi connectivity index (χ3n) is 5.29. The second-order valence-corrected chi connectivity index (χ2v) is 7.46. The van der Waals surface area contributed by atoms with Crippen LogP contribution in [0.2, 0.25) is 0 Å². The highest BCUT2D eigenvalue weighted by molar-refractivity contribution is 6.02. The standard InChI is InChI=1S/C24H22N4O3/c25-16-17(22(29)26-18-9-3-1-4-10-18)15-20-23(31-19-11-5-2-6-12-19)27-21-13-7-8-14-28(21)24(20)30/h2,5-8,11-15,18H,1,3-4,9-10H2,(H,26,29). The number of nitrogens with zero attached hydrogens (tertiary/aromatic N) is 3. The van der Waals surface area contributed by atoms with Gasteiger partial charge < -0.3 is 10.1 Å². The quantitative estimate of drug-likeness (QED) is 0.505. The number of ether oxygens (including phenoxy) is 1. The van der Waals surface area contributed by atoms with Crippen molar-refractivity contribution in [1.82, 2.24) is 14.7 Å². The van der Waals surface area contributed by atoms with Gasteiger partial charge in [-0.25, -0.2) is 0 Å². The molecule has 2 heterocycles. The molecule has 1 aliphatic rings. The number of nitrogens with one attached hydrogen (secondary N) is 1. The Morgan fingerprint density at radius 1 is 1.13 bits per heavy atom. The molecule has 156 valence electrons. The zero-order valence-electron chi connectivity index (χ0n) is 17.0. The largest absolute Gasteiger partial charge is 0.438 e. The molecule has 3 aromatic rings. The van der Waals surface area contributed by atoms with Crippen LogP contribution in [-0.2, 0) is 4.79 Å². The van der Waals surface area contributed by atoms with E-state index in [-0.39, 0.29) is 23.1 Å². The minimum absolute atomic E-state index is 0.0422. The Hall–Kier alpha value is -3.92. The van der Waals surface area contributed by atoms with E-state index in [1.54, 1.807) is 48.7 Å². The zero-order valence-corrected chi connectivity index (χ0v) is 17.0. The Labute approximate surface area is 179 Å². The summed E-state index contributed by atoms with van der Waals surface area (Å²) >= 11 is 0. The Bertz CT molecular complexity index is 1220. The normalized spacial score (nSPS) is 14.7. The summed E-state index contributed by atoms with van der Waals surface area (Å²) < 4.78 is 7.22. The number of amides is 1. The number of carbonyl (C=O) groups is 1. The number of nitriles is 1. The molecular formula is C24H22N4O3. The van der Waals surface area contributed by atoms with Gasteiger partial charge in [0.25, 0.3) is 11.5 Å². The molecule has 1 saturated carbocycles. The van der Waals surface area contributed by atoms with Crippen LogP contribution >= 0.6 is 0 Å². The van der Waals surface area contributed by atoms with Crippen molar-refractivity contribution in [2.45, 2.75) is 38.1 Å². The summed E-state index contributed by atoms with van der Waals surface area (Å²) in [6.45, 7) is 0. The van der Waals surface area contributed by atoms with Crippen molar-refractivity contribution in [3.05, 3.63) is 76.2 Å². The van der Waals surface area contributed by atoms with Crippen molar-refractivity contribution in [3.63, 3.8) is 0 Å². The van der Waals surface area contributed by atoms with E-state index in [0.29, 0.717) is 11.4 Å². The molecule has 1 N–H and O–H groups in total. The molecule has 1 amide bonds. The lowest BCUT2D eigenvalue weighted by molar-refractivity contribution is -0.117. The lowest BCUT2D eigenvalue weighted by Gasteiger charge is -2.22. The summed E-state index contributed by atoms with van der Waals surface area (Å²) in [6, 6.07) is 16.1. The van der Waals surface area contributed by atoms with E-state index in [2.05, 4.69) is 10.3 Å². The first-order chi connectivity index (χ1) is 15.2. The summed E-state index contributed by atoms with van der Waals surface area (Å²) in [7, 11) is 0. The van der Waals surface area contributed by atoms with Crippen LogP contribution in [0.5, 0.6) is 11.6 Å².